The van der Waals surface area contributed by atoms with Crippen LogP contribution in [0.4, 0.5) is 0 Å². The summed E-state index contributed by atoms with van der Waals surface area (Å²) >= 11 is 0. The third-order valence-corrected chi connectivity index (χ3v) is 3.46. The molecule has 1 aliphatic rings. The maximum Gasteiger partial charge on any atom is 0.316 e. The van der Waals surface area contributed by atoms with E-state index in [1.165, 1.54) is 19.2 Å². The number of likely N-dealkylation sites (tertiary alicyclic amines) is 1. The largest absolute Gasteiger partial charge is 0.463 e. The van der Waals surface area contributed by atoms with E-state index in [1.807, 2.05) is 0 Å². The van der Waals surface area contributed by atoms with Crippen molar-refractivity contribution in [3.05, 3.63) is 36.8 Å². The zero-order valence-corrected chi connectivity index (χ0v) is 11.3. The van der Waals surface area contributed by atoms with Crippen LogP contribution in [0.1, 0.15) is 18.5 Å². The molecule has 6 nitrogen and oxygen atoms in total. The lowest BCUT2D eigenvalue weighted by molar-refractivity contribution is 0.119. The van der Waals surface area contributed by atoms with Gasteiger partial charge in [0.25, 0.3) is 0 Å². The molecule has 0 N–H and O–H groups in total. The number of rotatable bonds is 5. The van der Waals surface area contributed by atoms with Crippen molar-refractivity contribution in [2.24, 2.45) is 5.92 Å². The van der Waals surface area contributed by atoms with E-state index in [0.29, 0.717) is 18.5 Å². The van der Waals surface area contributed by atoms with Gasteiger partial charge in [-0.15, -0.1) is 0 Å². The van der Waals surface area contributed by atoms with E-state index in [-0.39, 0.29) is 0 Å². The second-order valence-electron chi connectivity index (χ2n) is 5.07. The first kappa shape index (κ1) is 13.1. The van der Waals surface area contributed by atoms with Gasteiger partial charge in [-0.25, -0.2) is 15.0 Å². The highest BCUT2D eigenvalue weighted by Crippen LogP contribution is 2.18. The van der Waals surface area contributed by atoms with E-state index in [1.54, 1.807) is 24.7 Å². The standard InChI is InChI=1S/C14H18N4O2/c1-3-12(9-20-14-15-4-2-5-16-14)7-18(6-1)8-13-10-19-11-17-13/h2,4-5,10-12H,1,3,6-9H2. The van der Waals surface area contributed by atoms with Crippen molar-refractivity contribution in [1.82, 2.24) is 19.9 Å². The molecule has 106 valence electrons. The van der Waals surface area contributed by atoms with Crippen LogP contribution in [0.3, 0.4) is 0 Å². The molecule has 0 bridgehead atoms. The van der Waals surface area contributed by atoms with Crippen molar-refractivity contribution < 1.29 is 9.15 Å². The quantitative estimate of drug-likeness (QED) is 0.827. The molecule has 0 aromatic carbocycles. The van der Waals surface area contributed by atoms with E-state index in [2.05, 4.69) is 19.9 Å². The Morgan fingerprint density at radius 3 is 3.00 bits per heavy atom. The van der Waals surface area contributed by atoms with Crippen LogP contribution in [0, 0.1) is 5.92 Å². The number of aromatic nitrogens is 3. The van der Waals surface area contributed by atoms with Gasteiger partial charge >= 0.3 is 6.01 Å². The molecule has 20 heavy (non-hydrogen) atoms. The highest BCUT2D eigenvalue weighted by atomic mass is 16.5. The van der Waals surface area contributed by atoms with Crippen molar-refractivity contribution in [3.8, 4) is 6.01 Å². The van der Waals surface area contributed by atoms with Gasteiger partial charge < -0.3 is 9.15 Å². The third-order valence-electron chi connectivity index (χ3n) is 3.46. The molecule has 0 radical (unpaired) electrons. The van der Waals surface area contributed by atoms with Gasteiger partial charge in [-0.3, -0.25) is 4.90 Å². The molecule has 0 amide bonds. The highest BCUT2D eigenvalue weighted by Gasteiger charge is 2.21. The van der Waals surface area contributed by atoms with Gasteiger partial charge in [0.05, 0.1) is 12.3 Å². The molecular weight excluding hydrogens is 256 g/mol. The summed E-state index contributed by atoms with van der Waals surface area (Å²) in [6.07, 6.45) is 8.94. The lowest BCUT2D eigenvalue weighted by Gasteiger charge is -2.31. The summed E-state index contributed by atoms with van der Waals surface area (Å²) in [5.74, 6) is 0.513. The maximum absolute atomic E-state index is 5.65. The van der Waals surface area contributed by atoms with Gasteiger partial charge in [-0.05, 0) is 25.5 Å². The molecule has 0 aliphatic carbocycles. The molecule has 2 aromatic heterocycles. The average Bonchev–Trinajstić information content (AvgIpc) is 3.00. The minimum absolute atomic E-state index is 0.459. The molecule has 1 unspecified atom stereocenters. The van der Waals surface area contributed by atoms with Crippen LogP contribution in [0.2, 0.25) is 0 Å². The Kier molecular flexibility index (Phi) is 4.22. The monoisotopic (exact) mass is 274 g/mol. The first-order valence-electron chi connectivity index (χ1n) is 6.89. The van der Waals surface area contributed by atoms with E-state index in [9.17, 15) is 0 Å². The lowest BCUT2D eigenvalue weighted by Crippen LogP contribution is -2.37. The predicted molar refractivity (Wildman–Crippen MR) is 72.0 cm³/mol. The Bertz CT molecular complexity index is 503. The minimum Gasteiger partial charge on any atom is -0.463 e. The van der Waals surface area contributed by atoms with Crippen LogP contribution in [0.25, 0.3) is 0 Å². The number of piperidine rings is 1. The normalized spacial score (nSPS) is 19.9. The zero-order valence-electron chi connectivity index (χ0n) is 11.3. The fourth-order valence-corrected chi connectivity index (χ4v) is 2.53. The highest BCUT2D eigenvalue weighted by molar-refractivity contribution is 4.94. The first-order valence-corrected chi connectivity index (χ1v) is 6.89. The maximum atomic E-state index is 5.65. The number of hydrogen-bond acceptors (Lipinski definition) is 6. The molecule has 0 spiro atoms. The SMILES string of the molecule is c1cnc(OCC2CCCN(Cc3cocn3)C2)nc1. The summed E-state index contributed by atoms with van der Waals surface area (Å²) in [6.45, 7) is 3.62. The molecule has 6 heteroatoms. The molecule has 1 saturated heterocycles. The minimum atomic E-state index is 0.459. The van der Waals surface area contributed by atoms with Gasteiger partial charge in [-0.1, -0.05) is 0 Å². The van der Waals surface area contributed by atoms with E-state index >= 15 is 0 Å². The topological polar surface area (TPSA) is 64.3 Å². The van der Waals surface area contributed by atoms with Crippen LogP contribution < -0.4 is 4.74 Å². The Labute approximate surface area is 117 Å². The Morgan fingerprint density at radius 1 is 1.30 bits per heavy atom. The van der Waals surface area contributed by atoms with E-state index < -0.39 is 0 Å². The predicted octanol–water partition coefficient (Wildman–Crippen LogP) is 1.76. The molecule has 1 aliphatic heterocycles. The van der Waals surface area contributed by atoms with Gasteiger partial charge in [0, 0.05) is 31.4 Å². The van der Waals surface area contributed by atoms with Crippen molar-refractivity contribution >= 4 is 0 Å². The zero-order chi connectivity index (χ0) is 13.6. The summed E-state index contributed by atoms with van der Waals surface area (Å²) in [7, 11) is 0. The first-order chi connectivity index (χ1) is 9.90. The van der Waals surface area contributed by atoms with Gasteiger partial charge in [0.15, 0.2) is 6.39 Å². The molecule has 3 heterocycles. The molecule has 0 saturated carbocycles. The number of nitrogens with zero attached hydrogens (tertiary/aromatic N) is 4. The fraction of sp³-hybridized carbons (Fsp3) is 0.500. The summed E-state index contributed by atoms with van der Waals surface area (Å²) in [5, 5.41) is 0. The van der Waals surface area contributed by atoms with Crippen LogP contribution in [-0.2, 0) is 6.54 Å². The van der Waals surface area contributed by atoms with Gasteiger partial charge in [0.2, 0.25) is 0 Å². The van der Waals surface area contributed by atoms with E-state index in [0.717, 1.165) is 25.3 Å². The van der Waals surface area contributed by atoms with Crippen LogP contribution in [0.5, 0.6) is 6.01 Å². The van der Waals surface area contributed by atoms with Gasteiger partial charge in [0.1, 0.15) is 6.26 Å². The van der Waals surface area contributed by atoms with Crippen molar-refractivity contribution in [1.29, 1.82) is 0 Å². The van der Waals surface area contributed by atoms with Crippen molar-refractivity contribution in [2.45, 2.75) is 19.4 Å². The van der Waals surface area contributed by atoms with Crippen LogP contribution in [-0.4, -0.2) is 39.5 Å². The lowest BCUT2D eigenvalue weighted by atomic mass is 9.99. The van der Waals surface area contributed by atoms with Gasteiger partial charge in [-0.2, -0.15) is 0 Å². The Hall–Kier alpha value is -1.95. The Morgan fingerprint density at radius 2 is 2.20 bits per heavy atom. The molecular formula is C14H18N4O2. The second kappa shape index (κ2) is 6.47. The molecule has 3 rings (SSSR count). The summed E-state index contributed by atoms with van der Waals surface area (Å²) < 4.78 is 10.7. The van der Waals surface area contributed by atoms with Crippen molar-refractivity contribution in [3.63, 3.8) is 0 Å². The second-order valence-corrected chi connectivity index (χ2v) is 5.07. The number of hydrogen-bond donors (Lipinski definition) is 0. The number of ether oxygens (including phenoxy) is 1. The third kappa shape index (κ3) is 3.54. The summed E-state index contributed by atoms with van der Waals surface area (Å²) in [5.41, 5.74) is 0.984. The van der Waals surface area contributed by atoms with Crippen LogP contribution in [0.15, 0.2) is 35.5 Å². The average molecular weight is 274 g/mol. The molecule has 2 aromatic rings. The number of oxazole rings is 1. The summed E-state index contributed by atoms with van der Waals surface area (Å²) in [4.78, 5) is 14.7. The fourth-order valence-electron chi connectivity index (χ4n) is 2.53. The van der Waals surface area contributed by atoms with Crippen LogP contribution >= 0.6 is 0 Å². The Balaban J connectivity index is 1.48. The smallest absolute Gasteiger partial charge is 0.316 e. The molecule has 1 atom stereocenters. The van der Waals surface area contributed by atoms with Crippen molar-refractivity contribution in [2.75, 3.05) is 19.7 Å². The van der Waals surface area contributed by atoms with E-state index in [4.69, 9.17) is 9.15 Å². The summed E-state index contributed by atoms with van der Waals surface area (Å²) in [6, 6.07) is 2.24. The molecule has 1 fully saturated rings.